The van der Waals surface area contributed by atoms with Crippen LogP contribution in [0.1, 0.15) is 39.5 Å². The number of likely N-dealkylation sites (tertiary alicyclic amines) is 1. The van der Waals surface area contributed by atoms with Gasteiger partial charge in [0.25, 0.3) is 0 Å². The third kappa shape index (κ3) is 2.33. The van der Waals surface area contributed by atoms with Crippen LogP contribution in [0.25, 0.3) is 0 Å². The first-order chi connectivity index (χ1) is 8.46. The molecule has 0 saturated carbocycles. The molecule has 1 amide bonds. The molecule has 99 valence electrons. The zero-order valence-corrected chi connectivity index (χ0v) is 11.3. The molecule has 0 unspecified atom stereocenters. The van der Waals surface area contributed by atoms with Crippen LogP contribution in [-0.2, 0) is 4.79 Å². The SMILES string of the molecule is [B]=C(O)[C@H](CC(C)C)N1CC[C@@]2(CCCN2)C1=O. The van der Waals surface area contributed by atoms with Gasteiger partial charge in [0.15, 0.2) is 0 Å². The number of rotatable bonds is 4. The van der Waals surface area contributed by atoms with E-state index < -0.39 is 0 Å². The van der Waals surface area contributed by atoms with Crippen molar-refractivity contribution in [2.75, 3.05) is 13.1 Å². The summed E-state index contributed by atoms with van der Waals surface area (Å²) in [6.45, 7) is 5.73. The van der Waals surface area contributed by atoms with Gasteiger partial charge in [-0.05, 0) is 0 Å². The Morgan fingerprint density at radius 1 is 1.56 bits per heavy atom. The summed E-state index contributed by atoms with van der Waals surface area (Å²) in [4.78, 5) is 14.3. The van der Waals surface area contributed by atoms with Crippen molar-refractivity contribution in [3.63, 3.8) is 0 Å². The molecular weight excluding hydrogens is 227 g/mol. The van der Waals surface area contributed by atoms with Crippen molar-refractivity contribution in [1.29, 1.82) is 0 Å². The van der Waals surface area contributed by atoms with Crippen molar-refractivity contribution in [2.24, 2.45) is 5.92 Å². The topological polar surface area (TPSA) is 52.6 Å². The minimum absolute atomic E-state index is 0.114. The van der Waals surface area contributed by atoms with Crippen LogP contribution in [0.3, 0.4) is 0 Å². The molecule has 18 heavy (non-hydrogen) atoms. The van der Waals surface area contributed by atoms with E-state index in [1.54, 1.807) is 4.90 Å². The first-order valence-corrected chi connectivity index (χ1v) is 6.83. The van der Waals surface area contributed by atoms with Gasteiger partial charge in [-0.3, -0.25) is 0 Å². The van der Waals surface area contributed by atoms with Crippen molar-refractivity contribution >= 4 is 19.0 Å². The van der Waals surface area contributed by atoms with Crippen LogP contribution < -0.4 is 5.32 Å². The van der Waals surface area contributed by atoms with Crippen molar-refractivity contribution in [3.8, 4) is 0 Å². The van der Waals surface area contributed by atoms with E-state index in [2.05, 4.69) is 19.2 Å². The zero-order chi connectivity index (χ0) is 13.3. The van der Waals surface area contributed by atoms with Crippen molar-refractivity contribution in [1.82, 2.24) is 10.2 Å². The summed E-state index contributed by atoms with van der Waals surface area (Å²) in [5.41, 5.74) is -0.503. The Morgan fingerprint density at radius 2 is 2.28 bits per heavy atom. The van der Waals surface area contributed by atoms with Gasteiger partial charge in [-0.2, -0.15) is 0 Å². The molecule has 2 atom stereocenters. The number of aliphatic hydroxyl groups excluding tert-OH is 1. The number of hydrogen-bond acceptors (Lipinski definition) is 3. The van der Waals surface area contributed by atoms with Crippen LogP contribution in [0, 0.1) is 5.92 Å². The summed E-state index contributed by atoms with van der Waals surface area (Å²) in [6.07, 6.45) is 3.49. The number of nitrogens with zero attached hydrogens (tertiary/aromatic N) is 1. The van der Waals surface area contributed by atoms with Crippen LogP contribution in [-0.4, -0.2) is 53.7 Å². The second kappa shape index (κ2) is 5.04. The number of aliphatic hydroxyl groups is 1. The van der Waals surface area contributed by atoms with Crippen LogP contribution >= 0.6 is 0 Å². The van der Waals surface area contributed by atoms with E-state index in [-0.39, 0.29) is 23.1 Å². The third-order valence-corrected chi connectivity index (χ3v) is 4.11. The van der Waals surface area contributed by atoms with Crippen molar-refractivity contribution in [2.45, 2.75) is 51.1 Å². The van der Waals surface area contributed by atoms with E-state index in [1.807, 2.05) is 0 Å². The summed E-state index contributed by atoms with van der Waals surface area (Å²) in [5, 5.41) is 13.0. The second-order valence-electron chi connectivity index (χ2n) is 5.93. The van der Waals surface area contributed by atoms with Crippen molar-refractivity contribution in [3.05, 3.63) is 0 Å². The molecule has 0 aromatic rings. The van der Waals surface area contributed by atoms with E-state index >= 15 is 0 Å². The van der Waals surface area contributed by atoms with E-state index in [0.717, 1.165) is 25.8 Å². The Morgan fingerprint density at radius 3 is 2.78 bits per heavy atom. The Labute approximate surface area is 110 Å². The predicted octanol–water partition coefficient (Wildman–Crippen LogP) is 0.426. The summed E-state index contributed by atoms with van der Waals surface area (Å²) >= 11 is 0. The second-order valence-corrected chi connectivity index (χ2v) is 5.93. The first kappa shape index (κ1) is 13.6. The van der Waals surface area contributed by atoms with Crippen LogP contribution in [0.15, 0.2) is 0 Å². The number of amides is 1. The molecule has 1 radical (unpaired) electrons. The normalized spacial score (nSPS) is 29.4. The quantitative estimate of drug-likeness (QED) is 0.710. The number of carbonyl (C=O) groups is 1. The van der Waals surface area contributed by atoms with E-state index in [9.17, 15) is 9.90 Å². The molecule has 0 bridgehead atoms. The van der Waals surface area contributed by atoms with Gasteiger partial charge < -0.3 is 0 Å². The summed E-state index contributed by atoms with van der Waals surface area (Å²) in [6, 6.07) is -0.334. The van der Waals surface area contributed by atoms with Gasteiger partial charge in [0.2, 0.25) is 0 Å². The van der Waals surface area contributed by atoms with Gasteiger partial charge in [-0.25, -0.2) is 0 Å². The molecule has 2 aliphatic rings. The molecule has 0 aliphatic carbocycles. The third-order valence-electron chi connectivity index (χ3n) is 4.11. The Balaban J connectivity index is 2.13. The minimum atomic E-state index is -0.370. The van der Waals surface area contributed by atoms with Crippen LogP contribution in [0.5, 0.6) is 0 Å². The monoisotopic (exact) mass is 249 g/mol. The van der Waals surface area contributed by atoms with Gasteiger partial charge in [-0.1, -0.05) is 0 Å². The fourth-order valence-corrected chi connectivity index (χ4v) is 3.15. The molecular formula is C13H22BN2O2. The standard InChI is InChI=1S/C13H22BN2O2/c1-9(2)8-10(11(14)17)16-7-5-13(12(16)18)4-3-6-15-13/h9-10,15,17H,3-8H2,1-2H3/t10-,13-/m0/s1. The molecule has 2 fully saturated rings. The molecule has 0 aromatic heterocycles. The first-order valence-electron chi connectivity index (χ1n) is 6.83. The average molecular weight is 249 g/mol. The number of carbonyl (C=O) groups excluding carboxylic acids is 1. The number of hydrogen-bond donors (Lipinski definition) is 2. The maximum absolute atomic E-state index is 12.5. The molecule has 4 nitrogen and oxygen atoms in total. The molecule has 2 N–H and O–H groups in total. The summed E-state index contributed by atoms with van der Waals surface area (Å²) in [7, 11) is 5.57. The average Bonchev–Trinajstić information content (AvgIpc) is 2.87. The van der Waals surface area contributed by atoms with Gasteiger partial charge >= 0.3 is 109 Å². The van der Waals surface area contributed by atoms with E-state index in [0.29, 0.717) is 18.9 Å². The Bertz CT molecular complexity index is 351. The zero-order valence-electron chi connectivity index (χ0n) is 11.3. The van der Waals surface area contributed by atoms with Crippen LogP contribution in [0.4, 0.5) is 0 Å². The molecule has 2 aliphatic heterocycles. The van der Waals surface area contributed by atoms with Crippen molar-refractivity contribution < 1.29 is 9.90 Å². The molecule has 5 heteroatoms. The summed E-state index contributed by atoms with van der Waals surface area (Å²) in [5.74, 6) is 0.504. The maximum atomic E-state index is 12.5. The fraction of sp³-hybridized carbons (Fsp3) is 0.846. The molecule has 2 heterocycles. The Kier molecular flexibility index (Phi) is 3.80. The Hall–Kier alpha value is -0.835. The molecule has 1 spiro atoms. The van der Waals surface area contributed by atoms with Gasteiger partial charge in [0, 0.05) is 0 Å². The van der Waals surface area contributed by atoms with Crippen LogP contribution in [0.2, 0.25) is 0 Å². The van der Waals surface area contributed by atoms with Gasteiger partial charge in [0.1, 0.15) is 0 Å². The van der Waals surface area contributed by atoms with E-state index in [4.69, 9.17) is 7.49 Å². The molecule has 2 saturated heterocycles. The number of nitrogens with one attached hydrogen (secondary N) is 1. The summed E-state index contributed by atoms with van der Waals surface area (Å²) < 4.78 is 0. The fourth-order valence-electron chi connectivity index (χ4n) is 3.15. The molecule has 2 rings (SSSR count). The molecule has 0 aromatic carbocycles. The predicted molar refractivity (Wildman–Crippen MR) is 72.2 cm³/mol. The van der Waals surface area contributed by atoms with Gasteiger partial charge in [0.05, 0.1) is 0 Å². The van der Waals surface area contributed by atoms with Gasteiger partial charge in [-0.15, -0.1) is 0 Å². The van der Waals surface area contributed by atoms with E-state index in [1.165, 1.54) is 0 Å².